The third-order valence-electron chi connectivity index (χ3n) is 3.64. The minimum atomic E-state index is -0.730. The highest BCUT2D eigenvalue weighted by Crippen LogP contribution is 2.40. The van der Waals surface area contributed by atoms with Gasteiger partial charge in [0.05, 0.1) is 6.07 Å². The van der Waals surface area contributed by atoms with E-state index in [9.17, 15) is 4.79 Å². The van der Waals surface area contributed by atoms with Gasteiger partial charge >= 0.3 is 0 Å². The van der Waals surface area contributed by atoms with Crippen LogP contribution in [0.2, 0.25) is 0 Å². The van der Waals surface area contributed by atoms with Gasteiger partial charge in [0.2, 0.25) is 5.91 Å². The van der Waals surface area contributed by atoms with Crippen molar-refractivity contribution in [1.29, 1.82) is 5.26 Å². The molecule has 1 aliphatic rings. The van der Waals surface area contributed by atoms with Gasteiger partial charge in [-0.15, -0.1) is 0 Å². The zero-order valence-electron chi connectivity index (χ0n) is 10.7. The van der Waals surface area contributed by atoms with Crippen molar-refractivity contribution in [3.8, 4) is 6.07 Å². The molecule has 1 N–H and O–H groups in total. The smallest absolute Gasteiger partial charge is 0.240 e. The number of carbonyl (C=O) groups excluding carboxylic acids is 1. The largest absolute Gasteiger partial charge is 0.354 e. The molecule has 0 aromatic heterocycles. The fraction of sp³-hybridized carbons (Fsp3) is 0.467. The summed E-state index contributed by atoms with van der Waals surface area (Å²) >= 11 is 0. The molecule has 18 heavy (non-hydrogen) atoms. The molecule has 94 valence electrons. The number of hydrogen-bond donors (Lipinski definition) is 1. The molecule has 3 heteroatoms. The van der Waals surface area contributed by atoms with Crippen LogP contribution in [0.3, 0.4) is 0 Å². The van der Waals surface area contributed by atoms with Crippen LogP contribution >= 0.6 is 0 Å². The van der Waals surface area contributed by atoms with E-state index in [0.29, 0.717) is 19.4 Å². The highest BCUT2D eigenvalue weighted by molar-refractivity contribution is 5.86. The number of aryl methyl sites for hydroxylation is 1. The summed E-state index contributed by atoms with van der Waals surface area (Å²) in [4.78, 5) is 11.9. The second-order valence-electron chi connectivity index (χ2n) is 5.04. The number of amides is 1. The third-order valence-corrected chi connectivity index (χ3v) is 3.64. The lowest BCUT2D eigenvalue weighted by molar-refractivity contribution is -0.131. The van der Waals surface area contributed by atoms with Crippen molar-refractivity contribution in [3.63, 3.8) is 0 Å². The predicted octanol–water partition coefficient (Wildman–Crippen LogP) is 2.35. The fourth-order valence-corrected chi connectivity index (χ4v) is 2.28. The number of benzene rings is 1. The molecule has 0 heterocycles. The maximum atomic E-state index is 11.9. The van der Waals surface area contributed by atoms with Crippen molar-refractivity contribution in [2.24, 2.45) is 5.41 Å². The molecule has 0 spiro atoms. The van der Waals surface area contributed by atoms with Crippen LogP contribution in [-0.2, 0) is 11.2 Å². The maximum Gasteiger partial charge on any atom is 0.240 e. The van der Waals surface area contributed by atoms with E-state index in [0.717, 1.165) is 12.8 Å². The van der Waals surface area contributed by atoms with E-state index in [-0.39, 0.29) is 5.91 Å². The van der Waals surface area contributed by atoms with Crippen molar-refractivity contribution in [2.75, 3.05) is 6.54 Å². The summed E-state index contributed by atoms with van der Waals surface area (Å²) in [6.45, 7) is 2.66. The van der Waals surface area contributed by atoms with Crippen LogP contribution < -0.4 is 5.32 Å². The van der Waals surface area contributed by atoms with E-state index in [1.165, 1.54) is 11.1 Å². The average Bonchev–Trinajstić information content (AvgIpc) is 2.28. The Morgan fingerprint density at radius 2 is 2.28 bits per heavy atom. The molecule has 1 aromatic rings. The van der Waals surface area contributed by atoms with Crippen LogP contribution in [-0.4, -0.2) is 12.5 Å². The molecule has 1 aromatic carbocycles. The Morgan fingerprint density at radius 1 is 1.50 bits per heavy atom. The predicted molar refractivity (Wildman–Crippen MR) is 69.8 cm³/mol. The molecule has 0 unspecified atom stereocenters. The van der Waals surface area contributed by atoms with Gasteiger partial charge in [0.15, 0.2) is 0 Å². The SMILES string of the molecule is Cc1cccc(CCNC(=O)C2(C#N)CCC2)c1. The molecular weight excluding hydrogens is 224 g/mol. The average molecular weight is 242 g/mol. The normalized spacial score (nSPS) is 16.4. The van der Waals surface area contributed by atoms with E-state index >= 15 is 0 Å². The standard InChI is InChI=1S/C15H18N2O/c1-12-4-2-5-13(10-12)6-9-17-14(18)15(11-16)7-3-8-15/h2,4-5,10H,3,6-9H2,1H3,(H,17,18). The van der Waals surface area contributed by atoms with Gasteiger partial charge in [0.1, 0.15) is 5.41 Å². The fourth-order valence-electron chi connectivity index (χ4n) is 2.28. The van der Waals surface area contributed by atoms with E-state index in [2.05, 4.69) is 36.5 Å². The molecular formula is C15H18N2O. The molecule has 0 atom stereocenters. The molecule has 1 fully saturated rings. The molecule has 0 saturated heterocycles. The summed E-state index contributed by atoms with van der Waals surface area (Å²) in [6.07, 6.45) is 3.22. The van der Waals surface area contributed by atoms with E-state index in [4.69, 9.17) is 5.26 Å². The van der Waals surface area contributed by atoms with Crippen LogP contribution in [0.1, 0.15) is 30.4 Å². The minimum absolute atomic E-state index is 0.0936. The van der Waals surface area contributed by atoms with Gasteiger partial charge in [-0.3, -0.25) is 4.79 Å². The first-order valence-electron chi connectivity index (χ1n) is 6.41. The van der Waals surface area contributed by atoms with Crippen LogP contribution in [0.15, 0.2) is 24.3 Å². The second-order valence-corrected chi connectivity index (χ2v) is 5.04. The lowest BCUT2D eigenvalue weighted by Gasteiger charge is -2.33. The summed E-state index contributed by atoms with van der Waals surface area (Å²) in [5, 5.41) is 11.9. The maximum absolute atomic E-state index is 11.9. The van der Waals surface area contributed by atoms with Gasteiger partial charge in [0, 0.05) is 6.54 Å². The molecule has 3 nitrogen and oxygen atoms in total. The number of nitriles is 1. The van der Waals surface area contributed by atoms with Crippen molar-refractivity contribution < 1.29 is 4.79 Å². The summed E-state index contributed by atoms with van der Waals surface area (Å²) in [7, 11) is 0. The van der Waals surface area contributed by atoms with Crippen molar-refractivity contribution in [1.82, 2.24) is 5.32 Å². The number of rotatable bonds is 4. The number of nitrogens with one attached hydrogen (secondary N) is 1. The van der Waals surface area contributed by atoms with Crippen LogP contribution in [0, 0.1) is 23.7 Å². The summed E-state index contributed by atoms with van der Waals surface area (Å²) < 4.78 is 0. The van der Waals surface area contributed by atoms with Gasteiger partial charge in [-0.05, 0) is 38.2 Å². The quantitative estimate of drug-likeness (QED) is 0.881. The van der Waals surface area contributed by atoms with Gasteiger partial charge in [0.25, 0.3) is 0 Å². The Bertz CT molecular complexity index is 484. The van der Waals surface area contributed by atoms with Crippen LogP contribution in [0.5, 0.6) is 0 Å². The highest BCUT2D eigenvalue weighted by Gasteiger charge is 2.44. The van der Waals surface area contributed by atoms with Crippen molar-refractivity contribution >= 4 is 5.91 Å². The molecule has 1 saturated carbocycles. The molecule has 0 radical (unpaired) electrons. The Balaban J connectivity index is 1.82. The number of carbonyl (C=O) groups is 1. The van der Waals surface area contributed by atoms with Gasteiger partial charge in [-0.25, -0.2) is 0 Å². The monoisotopic (exact) mass is 242 g/mol. The lowest BCUT2D eigenvalue weighted by atomic mass is 9.69. The Morgan fingerprint density at radius 3 is 2.83 bits per heavy atom. The number of hydrogen-bond acceptors (Lipinski definition) is 2. The first-order valence-corrected chi connectivity index (χ1v) is 6.41. The molecule has 1 aliphatic carbocycles. The van der Waals surface area contributed by atoms with Crippen LogP contribution in [0.4, 0.5) is 0 Å². The summed E-state index contributed by atoms with van der Waals surface area (Å²) in [5.74, 6) is -0.0936. The summed E-state index contributed by atoms with van der Waals surface area (Å²) in [6, 6.07) is 10.4. The lowest BCUT2D eigenvalue weighted by Crippen LogP contribution is -2.45. The Kier molecular flexibility index (Phi) is 3.66. The molecule has 0 aliphatic heterocycles. The first-order chi connectivity index (χ1) is 8.66. The van der Waals surface area contributed by atoms with Crippen molar-refractivity contribution in [2.45, 2.75) is 32.6 Å². The van der Waals surface area contributed by atoms with Gasteiger partial charge < -0.3 is 5.32 Å². The summed E-state index contributed by atoms with van der Waals surface area (Å²) in [5.41, 5.74) is 1.72. The van der Waals surface area contributed by atoms with E-state index in [1.54, 1.807) is 0 Å². The Labute approximate surface area is 108 Å². The van der Waals surface area contributed by atoms with Gasteiger partial charge in [-0.1, -0.05) is 29.8 Å². The van der Waals surface area contributed by atoms with Gasteiger partial charge in [-0.2, -0.15) is 5.26 Å². The molecule has 0 bridgehead atoms. The van der Waals surface area contributed by atoms with E-state index < -0.39 is 5.41 Å². The first kappa shape index (κ1) is 12.6. The topological polar surface area (TPSA) is 52.9 Å². The third kappa shape index (κ3) is 2.53. The van der Waals surface area contributed by atoms with Crippen molar-refractivity contribution in [3.05, 3.63) is 35.4 Å². The van der Waals surface area contributed by atoms with E-state index in [1.807, 2.05) is 6.07 Å². The minimum Gasteiger partial charge on any atom is -0.354 e. The zero-order valence-corrected chi connectivity index (χ0v) is 10.7. The van der Waals surface area contributed by atoms with Crippen LogP contribution in [0.25, 0.3) is 0 Å². The Hall–Kier alpha value is -1.82. The highest BCUT2D eigenvalue weighted by atomic mass is 16.2. The molecule has 1 amide bonds. The number of nitrogens with zero attached hydrogens (tertiary/aromatic N) is 1. The second kappa shape index (κ2) is 5.22. The molecule has 2 rings (SSSR count). The zero-order chi connectivity index (χ0) is 13.0.